The summed E-state index contributed by atoms with van der Waals surface area (Å²) in [5.74, 6) is 1.01. The summed E-state index contributed by atoms with van der Waals surface area (Å²) in [6.45, 7) is 11.4. The van der Waals surface area contributed by atoms with Crippen molar-refractivity contribution in [2.45, 2.75) is 27.2 Å². The molecule has 3 aliphatic heterocycles. The molecule has 1 saturated heterocycles. The first kappa shape index (κ1) is 18.6. The molecular formula is C23H31N3S. The maximum Gasteiger partial charge on any atom is 0.0652 e. The van der Waals surface area contributed by atoms with E-state index < -0.39 is 0 Å². The van der Waals surface area contributed by atoms with Crippen LogP contribution in [0.5, 0.6) is 0 Å². The van der Waals surface area contributed by atoms with Crippen molar-refractivity contribution in [3.8, 4) is 0 Å². The molecule has 0 saturated carbocycles. The highest BCUT2D eigenvalue weighted by Gasteiger charge is 2.29. The standard InChI is InChI=1S/C23H31N3S/c1-17-7-8-20(25-11-9-24(4)10-12-25)21-15-18(2)19(3)16-26(21)22(14-17)23-6-5-13-27-23/h5-6,8,13-18H,7,9-12H2,1-4H3. The highest BCUT2D eigenvalue weighted by Crippen LogP contribution is 2.39. The average Bonchev–Trinajstić information content (AvgIpc) is 3.17. The van der Waals surface area contributed by atoms with Crippen LogP contribution in [0.25, 0.3) is 5.70 Å². The lowest BCUT2D eigenvalue weighted by Gasteiger charge is -2.41. The number of nitrogens with zero attached hydrogens (tertiary/aromatic N) is 3. The molecule has 27 heavy (non-hydrogen) atoms. The summed E-state index contributed by atoms with van der Waals surface area (Å²) < 4.78 is 0. The molecule has 3 nitrogen and oxygen atoms in total. The summed E-state index contributed by atoms with van der Waals surface area (Å²) in [5.41, 5.74) is 5.55. The van der Waals surface area contributed by atoms with Gasteiger partial charge in [-0.05, 0) is 49.2 Å². The molecule has 3 aliphatic rings. The van der Waals surface area contributed by atoms with Crippen LogP contribution in [0.4, 0.5) is 0 Å². The second-order valence-corrected chi connectivity index (χ2v) is 9.15. The Hall–Kier alpha value is -1.78. The third kappa shape index (κ3) is 3.78. The molecule has 144 valence electrons. The first-order valence-corrected chi connectivity index (χ1v) is 11.0. The molecule has 0 N–H and O–H groups in total. The SMILES string of the molecule is CC1=CN2C(=CC1C)C(N1CCN(C)CC1)=CCC(C)C=C2c1cccs1. The Balaban J connectivity index is 1.77. The predicted molar refractivity (Wildman–Crippen MR) is 116 cm³/mol. The molecule has 1 aromatic heterocycles. The van der Waals surface area contributed by atoms with Gasteiger partial charge in [-0.15, -0.1) is 11.3 Å². The monoisotopic (exact) mass is 381 g/mol. The van der Waals surface area contributed by atoms with Gasteiger partial charge in [0, 0.05) is 32.4 Å². The molecule has 0 radical (unpaired) electrons. The zero-order valence-electron chi connectivity index (χ0n) is 17.0. The zero-order valence-corrected chi connectivity index (χ0v) is 17.8. The van der Waals surface area contributed by atoms with Crippen molar-refractivity contribution in [1.29, 1.82) is 0 Å². The smallest absolute Gasteiger partial charge is 0.0652 e. The fraction of sp³-hybridized carbons (Fsp3) is 0.478. The van der Waals surface area contributed by atoms with E-state index in [2.05, 4.69) is 84.5 Å². The number of piperazine rings is 1. The van der Waals surface area contributed by atoms with Crippen LogP contribution in [0.1, 0.15) is 32.1 Å². The van der Waals surface area contributed by atoms with E-state index in [1.54, 1.807) is 0 Å². The van der Waals surface area contributed by atoms with Gasteiger partial charge in [-0.3, -0.25) is 0 Å². The molecule has 1 aromatic rings. The largest absolute Gasteiger partial charge is 0.368 e. The fourth-order valence-electron chi connectivity index (χ4n) is 4.03. The van der Waals surface area contributed by atoms with E-state index in [4.69, 9.17) is 0 Å². The third-order valence-electron chi connectivity index (χ3n) is 5.98. The van der Waals surface area contributed by atoms with Crippen molar-refractivity contribution in [1.82, 2.24) is 14.7 Å². The molecule has 2 unspecified atom stereocenters. The first-order chi connectivity index (χ1) is 13.0. The van der Waals surface area contributed by atoms with Crippen LogP contribution in [0, 0.1) is 11.8 Å². The van der Waals surface area contributed by atoms with Crippen LogP contribution < -0.4 is 0 Å². The van der Waals surface area contributed by atoms with Gasteiger partial charge in [-0.25, -0.2) is 0 Å². The lowest BCUT2D eigenvalue weighted by Crippen LogP contribution is -2.45. The number of allylic oxidation sites excluding steroid dienone is 4. The molecule has 4 heteroatoms. The molecule has 0 aromatic carbocycles. The number of thiophene rings is 1. The second-order valence-electron chi connectivity index (χ2n) is 8.21. The van der Waals surface area contributed by atoms with Gasteiger partial charge >= 0.3 is 0 Å². The molecule has 0 bridgehead atoms. The summed E-state index contributed by atoms with van der Waals surface area (Å²) in [7, 11) is 2.23. The van der Waals surface area contributed by atoms with Gasteiger partial charge in [-0.1, -0.05) is 38.1 Å². The zero-order chi connectivity index (χ0) is 19.0. The number of likely N-dealkylation sites (N-methyl/N-ethyl adjacent to an activating group) is 1. The third-order valence-corrected chi connectivity index (χ3v) is 6.88. The normalized spacial score (nSPS) is 27.1. The van der Waals surface area contributed by atoms with Crippen molar-refractivity contribution < 1.29 is 0 Å². The Kier molecular flexibility index (Phi) is 5.29. The second kappa shape index (κ2) is 7.69. The fourth-order valence-corrected chi connectivity index (χ4v) is 4.78. The van der Waals surface area contributed by atoms with Crippen molar-refractivity contribution in [2.75, 3.05) is 33.2 Å². The Bertz CT molecular complexity index is 792. The van der Waals surface area contributed by atoms with Crippen LogP contribution in [0.3, 0.4) is 0 Å². The van der Waals surface area contributed by atoms with Crippen LogP contribution in [-0.4, -0.2) is 47.9 Å². The highest BCUT2D eigenvalue weighted by atomic mass is 32.1. The maximum absolute atomic E-state index is 2.60. The van der Waals surface area contributed by atoms with Crippen LogP contribution in [0.2, 0.25) is 0 Å². The number of fused-ring (bicyclic) bond motifs is 1. The van der Waals surface area contributed by atoms with Gasteiger partial charge < -0.3 is 14.7 Å². The lowest BCUT2D eigenvalue weighted by atomic mass is 9.93. The molecular weight excluding hydrogens is 350 g/mol. The summed E-state index contributed by atoms with van der Waals surface area (Å²) >= 11 is 1.84. The van der Waals surface area contributed by atoms with E-state index in [1.807, 2.05) is 11.3 Å². The number of hydrogen-bond acceptors (Lipinski definition) is 4. The van der Waals surface area contributed by atoms with Gasteiger partial charge in [0.2, 0.25) is 0 Å². The summed E-state index contributed by atoms with van der Waals surface area (Å²) in [5, 5.41) is 2.18. The molecule has 4 heterocycles. The predicted octanol–water partition coefficient (Wildman–Crippen LogP) is 5.00. The van der Waals surface area contributed by atoms with E-state index in [1.165, 1.54) is 27.5 Å². The molecule has 0 amide bonds. The van der Waals surface area contributed by atoms with E-state index >= 15 is 0 Å². The molecule has 0 spiro atoms. The van der Waals surface area contributed by atoms with Gasteiger partial charge in [0.1, 0.15) is 0 Å². The first-order valence-electron chi connectivity index (χ1n) is 10.1. The van der Waals surface area contributed by atoms with E-state index in [-0.39, 0.29) is 0 Å². The Morgan fingerprint density at radius 1 is 1.00 bits per heavy atom. The van der Waals surface area contributed by atoms with Crippen LogP contribution in [-0.2, 0) is 0 Å². The summed E-state index contributed by atoms with van der Waals surface area (Å²) in [4.78, 5) is 8.84. The minimum atomic E-state index is 0.480. The van der Waals surface area contributed by atoms with Crippen molar-refractivity contribution in [3.05, 3.63) is 63.8 Å². The highest BCUT2D eigenvalue weighted by molar-refractivity contribution is 7.11. The van der Waals surface area contributed by atoms with Crippen molar-refractivity contribution >= 4 is 17.0 Å². The van der Waals surface area contributed by atoms with Gasteiger partial charge in [0.05, 0.1) is 22.0 Å². The maximum atomic E-state index is 2.60. The van der Waals surface area contributed by atoms with Crippen LogP contribution >= 0.6 is 11.3 Å². The minimum absolute atomic E-state index is 0.480. The van der Waals surface area contributed by atoms with Crippen molar-refractivity contribution in [3.63, 3.8) is 0 Å². The molecule has 1 fully saturated rings. The molecule has 4 rings (SSSR count). The van der Waals surface area contributed by atoms with E-state index in [9.17, 15) is 0 Å². The van der Waals surface area contributed by atoms with Gasteiger partial charge in [-0.2, -0.15) is 0 Å². The van der Waals surface area contributed by atoms with E-state index in [0.717, 1.165) is 32.6 Å². The number of rotatable bonds is 2. The quantitative estimate of drug-likeness (QED) is 0.714. The number of hydrogen-bond donors (Lipinski definition) is 0. The van der Waals surface area contributed by atoms with Crippen LogP contribution in [0.15, 0.2) is 58.9 Å². The molecule has 0 aliphatic carbocycles. The Morgan fingerprint density at radius 2 is 1.78 bits per heavy atom. The lowest BCUT2D eigenvalue weighted by molar-refractivity contribution is 0.185. The van der Waals surface area contributed by atoms with Gasteiger partial charge in [0.25, 0.3) is 0 Å². The topological polar surface area (TPSA) is 9.72 Å². The molecule has 2 atom stereocenters. The summed E-state index contributed by atoms with van der Waals surface area (Å²) in [6.07, 6.45) is 10.9. The van der Waals surface area contributed by atoms with Gasteiger partial charge in [0.15, 0.2) is 0 Å². The van der Waals surface area contributed by atoms with Crippen molar-refractivity contribution in [2.24, 2.45) is 11.8 Å². The Labute approximate surface area is 168 Å². The minimum Gasteiger partial charge on any atom is -0.368 e. The van der Waals surface area contributed by atoms with E-state index in [0.29, 0.717) is 11.8 Å². The summed E-state index contributed by atoms with van der Waals surface area (Å²) in [6, 6.07) is 4.41. The average molecular weight is 382 g/mol. The Morgan fingerprint density at radius 3 is 2.48 bits per heavy atom.